The Hall–Kier alpha value is -8.99. The molecule has 2 aromatic carbocycles. The van der Waals surface area contributed by atoms with Crippen LogP contribution in [0.5, 0.6) is 5.75 Å². The molecule has 1 aliphatic heterocycles. The first kappa shape index (κ1) is 71.5. The van der Waals surface area contributed by atoms with Crippen molar-refractivity contribution in [3.63, 3.8) is 0 Å². The number of primary amides is 1. The first-order valence-electron chi connectivity index (χ1n) is 29.3. The number of nitrogens with two attached hydrogens (primary N) is 3. The largest absolute Gasteiger partial charge is 0.508 e. The highest BCUT2D eigenvalue weighted by Gasteiger charge is 2.40. The van der Waals surface area contributed by atoms with Gasteiger partial charge in [-0.1, -0.05) is 90.4 Å². The molecule has 0 bridgehead atoms. The lowest BCUT2D eigenvalue weighted by Gasteiger charge is -2.30. The number of aromatic nitrogens is 2. The molecule has 0 unspecified atom stereocenters. The van der Waals surface area contributed by atoms with Crippen LogP contribution in [0.4, 0.5) is 0 Å². The molecular weight excluding hydrogens is 1140 g/mol. The summed E-state index contributed by atoms with van der Waals surface area (Å²) in [4.78, 5) is 173. The number of nitrogens with one attached hydrogen (secondary N) is 9. The van der Waals surface area contributed by atoms with Gasteiger partial charge in [0, 0.05) is 37.7 Å². The fraction of sp³-hybridized carbons (Fsp3) is 0.542. The van der Waals surface area contributed by atoms with Crippen LogP contribution in [-0.2, 0) is 76.8 Å². The number of aromatic hydroxyl groups is 1. The minimum absolute atomic E-state index is 0.0146. The van der Waals surface area contributed by atoms with Crippen LogP contribution in [0.25, 0.3) is 0 Å². The number of benzene rings is 2. The van der Waals surface area contributed by atoms with Crippen LogP contribution in [0.1, 0.15) is 110 Å². The normalized spacial score (nSPS) is 16.4. The molecule has 88 heavy (non-hydrogen) atoms. The number of phenols is 1. The number of amides is 10. The standard InChI is InChI=1S/C59H86N14O15/c1-7-33(6)49(57(85)71-48(32(4)5)59(87)88)72-55(83)43(28-46(76)77)70-53(81)41(26-36-29-63-30-64-36)68-52(80)39(24-34-14-9-8-10-15-34)66-51(79)40(25-35-18-20-37(74)21-19-35)67-54(82)42(27-45(61)75)69-50(78)38(16-11-12-22-60)65-56(84)44-17-13-23-73(44)58(86)47(62)31(2)3/h8-10,14-15,18-21,29-33,38-44,47-49,74H,7,11-13,16-17,22-28,60,62H2,1-6H3,(H2,61,75)(H,63,64)(H,65,84)(H,66,79)(H,67,82)(H,68,80)(H,69,78)(H,70,81)(H,71,85)(H,72,83)(H,76,77)(H,87,88)/t33-,38-,39-,40-,41-,42-,43-,44-,47-,48-,49-/m0/s1. The van der Waals surface area contributed by atoms with E-state index in [4.69, 9.17) is 17.2 Å². The number of imidazole rings is 1. The number of carboxylic acids is 2. The molecule has 2 heterocycles. The highest BCUT2D eigenvalue weighted by Crippen LogP contribution is 2.21. The summed E-state index contributed by atoms with van der Waals surface area (Å²) >= 11 is 0. The van der Waals surface area contributed by atoms with Crippen LogP contribution in [0.15, 0.2) is 67.1 Å². The zero-order valence-corrected chi connectivity index (χ0v) is 50.4. The number of carbonyl (C=O) groups is 12. The van der Waals surface area contributed by atoms with Crippen molar-refractivity contribution in [3.05, 3.63) is 83.9 Å². The molecule has 18 N–H and O–H groups in total. The number of H-pyrrole nitrogens is 1. The monoisotopic (exact) mass is 1230 g/mol. The summed E-state index contributed by atoms with van der Waals surface area (Å²) < 4.78 is 0. The van der Waals surface area contributed by atoms with Crippen LogP contribution in [0, 0.1) is 17.8 Å². The lowest BCUT2D eigenvalue weighted by molar-refractivity contribution is -0.144. The Kier molecular flexibility index (Phi) is 28.4. The number of hydrogen-bond acceptors (Lipinski definition) is 16. The van der Waals surface area contributed by atoms with Gasteiger partial charge in [0.05, 0.1) is 25.2 Å². The van der Waals surface area contributed by atoms with Crippen LogP contribution >= 0.6 is 0 Å². The van der Waals surface area contributed by atoms with Gasteiger partial charge in [-0.25, -0.2) is 9.78 Å². The highest BCUT2D eigenvalue weighted by atomic mass is 16.4. The first-order chi connectivity index (χ1) is 41.6. The molecule has 0 spiro atoms. The summed E-state index contributed by atoms with van der Waals surface area (Å²) in [6, 6.07) is -0.655. The molecule has 10 amide bonds. The molecular formula is C59H86N14O15. The van der Waals surface area contributed by atoms with Gasteiger partial charge in [0.15, 0.2) is 0 Å². The van der Waals surface area contributed by atoms with Gasteiger partial charge in [0.25, 0.3) is 0 Å². The van der Waals surface area contributed by atoms with Gasteiger partial charge in [-0.05, 0) is 79.7 Å². The van der Waals surface area contributed by atoms with Crippen molar-refractivity contribution in [3.8, 4) is 5.75 Å². The number of unbranched alkanes of at least 4 members (excludes halogenated alkanes) is 1. The molecule has 0 radical (unpaired) electrons. The van der Waals surface area contributed by atoms with E-state index in [9.17, 15) is 72.9 Å². The summed E-state index contributed by atoms with van der Waals surface area (Å²) in [5.74, 6) is -13.7. The van der Waals surface area contributed by atoms with E-state index in [1.54, 1.807) is 71.9 Å². The molecule has 29 nitrogen and oxygen atoms in total. The van der Waals surface area contributed by atoms with E-state index in [1.165, 1.54) is 41.7 Å². The van der Waals surface area contributed by atoms with E-state index in [0.717, 1.165) is 0 Å². The average Bonchev–Trinajstić information content (AvgIpc) is 4.24. The van der Waals surface area contributed by atoms with Gasteiger partial charge in [0.2, 0.25) is 59.1 Å². The number of carbonyl (C=O) groups excluding carboxylic acids is 10. The molecule has 3 aromatic rings. The molecule has 0 saturated carbocycles. The topological polar surface area (TPSA) is 472 Å². The Morgan fingerprint density at radius 3 is 1.64 bits per heavy atom. The lowest BCUT2D eigenvalue weighted by atomic mass is 9.96. The Morgan fingerprint density at radius 2 is 1.14 bits per heavy atom. The van der Waals surface area contributed by atoms with Gasteiger partial charge in [-0.2, -0.15) is 0 Å². The van der Waals surface area contributed by atoms with Crippen LogP contribution in [0.2, 0.25) is 0 Å². The Labute approximate surface area is 510 Å². The quantitative estimate of drug-likeness (QED) is 0.0287. The summed E-state index contributed by atoms with van der Waals surface area (Å²) in [5.41, 5.74) is 18.7. The third kappa shape index (κ3) is 22.4. The molecule has 4 rings (SSSR count). The van der Waals surface area contributed by atoms with E-state index >= 15 is 0 Å². The lowest BCUT2D eigenvalue weighted by Crippen LogP contribution is -2.62. The first-order valence-corrected chi connectivity index (χ1v) is 29.3. The van der Waals surface area contributed by atoms with Gasteiger partial charge >= 0.3 is 11.9 Å². The fourth-order valence-electron chi connectivity index (χ4n) is 9.64. The number of rotatable bonds is 36. The zero-order valence-electron chi connectivity index (χ0n) is 50.4. The second kappa shape index (κ2) is 35.0. The van der Waals surface area contributed by atoms with E-state index < -0.39 is 156 Å². The van der Waals surface area contributed by atoms with Gasteiger partial charge in [-0.15, -0.1) is 0 Å². The van der Waals surface area contributed by atoms with Crippen molar-refractivity contribution >= 4 is 71.0 Å². The second-order valence-corrected chi connectivity index (χ2v) is 22.7. The third-order valence-corrected chi connectivity index (χ3v) is 15.0. The number of carboxylic acid groups (broad SMARTS) is 2. The highest BCUT2D eigenvalue weighted by molar-refractivity contribution is 6.00. The predicted octanol–water partition coefficient (Wildman–Crippen LogP) is -1.74. The van der Waals surface area contributed by atoms with Crippen molar-refractivity contribution < 1.29 is 72.9 Å². The molecule has 1 fully saturated rings. The number of hydrogen-bond donors (Lipinski definition) is 15. The van der Waals surface area contributed by atoms with Crippen molar-refractivity contribution in [2.45, 2.75) is 173 Å². The summed E-state index contributed by atoms with van der Waals surface area (Å²) in [5, 5.41) is 50.1. The Balaban J connectivity index is 1.68. The van der Waals surface area contributed by atoms with Crippen molar-refractivity contribution in [2.24, 2.45) is 35.0 Å². The van der Waals surface area contributed by atoms with Crippen molar-refractivity contribution in [2.75, 3.05) is 13.1 Å². The van der Waals surface area contributed by atoms with Crippen molar-refractivity contribution in [1.29, 1.82) is 0 Å². The van der Waals surface area contributed by atoms with Gasteiger partial charge in [-0.3, -0.25) is 52.7 Å². The minimum Gasteiger partial charge on any atom is -0.508 e. The number of nitrogens with zero attached hydrogens (tertiary/aromatic N) is 2. The average molecular weight is 1230 g/mol. The Bertz CT molecular complexity index is 2880. The summed E-state index contributed by atoms with van der Waals surface area (Å²) in [7, 11) is 0. The second-order valence-electron chi connectivity index (χ2n) is 22.7. The maximum atomic E-state index is 14.8. The summed E-state index contributed by atoms with van der Waals surface area (Å²) in [6.45, 7) is 10.5. The van der Waals surface area contributed by atoms with E-state index in [2.05, 4.69) is 52.5 Å². The summed E-state index contributed by atoms with van der Waals surface area (Å²) in [6.07, 6.45) is 1.68. The molecule has 0 aliphatic carbocycles. The smallest absolute Gasteiger partial charge is 0.326 e. The zero-order chi connectivity index (χ0) is 65.4. The van der Waals surface area contributed by atoms with Crippen LogP contribution in [-0.4, -0.2) is 175 Å². The van der Waals surface area contributed by atoms with Crippen LogP contribution < -0.4 is 59.7 Å². The van der Waals surface area contributed by atoms with Gasteiger partial charge < -0.3 is 84.9 Å². The van der Waals surface area contributed by atoms with E-state index in [-0.39, 0.29) is 62.6 Å². The van der Waals surface area contributed by atoms with E-state index in [1.807, 2.05) is 0 Å². The molecule has 29 heteroatoms. The predicted molar refractivity (Wildman–Crippen MR) is 318 cm³/mol. The number of likely N-dealkylation sites (tertiary alicyclic amines) is 1. The fourth-order valence-corrected chi connectivity index (χ4v) is 9.64. The molecule has 1 saturated heterocycles. The third-order valence-electron chi connectivity index (χ3n) is 15.0. The molecule has 1 aliphatic rings. The van der Waals surface area contributed by atoms with E-state index in [0.29, 0.717) is 36.8 Å². The number of phenolic OH excluding ortho intramolecular Hbond substituents is 1. The molecule has 1 aromatic heterocycles. The maximum Gasteiger partial charge on any atom is 0.326 e. The van der Waals surface area contributed by atoms with Gasteiger partial charge in [0.1, 0.15) is 60.1 Å². The van der Waals surface area contributed by atoms with Crippen molar-refractivity contribution in [1.82, 2.24) is 57.4 Å². The maximum absolute atomic E-state index is 14.8. The Morgan fingerprint density at radius 1 is 0.625 bits per heavy atom. The van der Waals surface area contributed by atoms with Crippen LogP contribution in [0.3, 0.4) is 0 Å². The minimum atomic E-state index is -1.88. The molecule has 11 atom stereocenters. The number of aliphatic carboxylic acids is 2. The molecule has 482 valence electrons. The SMILES string of the molecule is CC[C@H](C)[C@H](NC(=O)[C@H](CC(=O)O)NC(=O)[C@H](Cc1cnc[nH]1)NC(=O)[C@H](Cc1ccccc1)NC(=O)[C@H](Cc1ccc(O)cc1)NC(=O)[C@H](CC(N)=O)NC(=O)[C@H](CCCCN)NC(=O)[C@@H]1CCCN1C(=O)[C@@H](N)C(C)C)C(=O)N[C@H](C(=O)O)C(C)C. The number of aromatic amines is 1.